The van der Waals surface area contributed by atoms with Gasteiger partial charge in [0.05, 0.1) is 6.61 Å². The molecule has 0 amide bonds. The van der Waals surface area contributed by atoms with E-state index >= 15 is 0 Å². The van der Waals surface area contributed by atoms with E-state index in [0.717, 1.165) is 37.4 Å². The minimum Gasteiger partial charge on any atom is -0.457 e. The summed E-state index contributed by atoms with van der Waals surface area (Å²) in [5.74, 6) is 0.947. The predicted octanol–water partition coefficient (Wildman–Crippen LogP) is 3.27. The maximum absolute atomic E-state index is 11.6. The van der Waals surface area contributed by atoms with Gasteiger partial charge in [0.25, 0.3) is 0 Å². The van der Waals surface area contributed by atoms with Crippen LogP contribution in [0.4, 0.5) is 4.79 Å². The first-order valence-electron chi connectivity index (χ1n) is 5.90. The van der Waals surface area contributed by atoms with Gasteiger partial charge in [-0.3, -0.25) is 4.79 Å². The third-order valence-electron chi connectivity index (χ3n) is 3.19. The van der Waals surface area contributed by atoms with Crippen molar-refractivity contribution in [2.45, 2.75) is 39.0 Å². The van der Waals surface area contributed by atoms with Crippen molar-refractivity contribution in [2.75, 3.05) is 12.9 Å². The first-order valence-corrected chi connectivity index (χ1v) is 7.13. The van der Waals surface area contributed by atoms with Crippen LogP contribution < -0.4 is 0 Å². The molecule has 1 aliphatic rings. The van der Waals surface area contributed by atoms with Crippen LogP contribution in [0.25, 0.3) is 0 Å². The second-order valence-corrected chi connectivity index (χ2v) is 5.06. The smallest absolute Gasteiger partial charge is 0.367 e. The minimum atomic E-state index is -0.219. The molecule has 0 aliphatic heterocycles. The van der Waals surface area contributed by atoms with Crippen LogP contribution in [0.1, 0.15) is 39.0 Å². The number of carbonyl (C=O) groups excluding carboxylic acids is 2. The Kier molecular flexibility index (Phi) is 5.88. The Balaban J connectivity index is 2.33. The molecule has 4 heteroatoms. The first-order chi connectivity index (χ1) is 7.67. The number of ketones is 1. The third kappa shape index (κ3) is 4.16. The van der Waals surface area contributed by atoms with E-state index in [1.165, 1.54) is 0 Å². The minimum absolute atomic E-state index is 0.205. The van der Waals surface area contributed by atoms with Crippen molar-refractivity contribution in [1.29, 1.82) is 0 Å². The zero-order valence-corrected chi connectivity index (χ0v) is 10.8. The lowest BCUT2D eigenvalue weighted by atomic mass is 9.79. The molecule has 2 atom stereocenters. The summed E-state index contributed by atoms with van der Waals surface area (Å²) < 4.78 is 5.11. The fraction of sp³-hybridized carbons (Fsp3) is 0.833. The van der Waals surface area contributed by atoms with Crippen molar-refractivity contribution in [2.24, 2.45) is 11.8 Å². The predicted molar refractivity (Wildman–Crippen MR) is 65.6 cm³/mol. The molecular weight excluding hydrogens is 224 g/mol. The van der Waals surface area contributed by atoms with Crippen LogP contribution in [0.3, 0.4) is 0 Å². The highest BCUT2D eigenvalue weighted by Crippen LogP contribution is 2.30. The summed E-state index contributed by atoms with van der Waals surface area (Å²) in [6, 6.07) is 0. The molecule has 0 aromatic rings. The summed E-state index contributed by atoms with van der Waals surface area (Å²) in [6.07, 6.45) is 6.41. The fourth-order valence-corrected chi connectivity index (χ4v) is 2.45. The van der Waals surface area contributed by atoms with Gasteiger partial charge in [0.2, 0.25) is 0 Å². The van der Waals surface area contributed by atoms with Gasteiger partial charge < -0.3 is 4.74 Å². The van der Waals surface area contributed by atoms with E-state index in [1.807, 2.05) is 6.92 Å². The molecule has 0 saturated heterocycles. The van der Waals surface area contributed by atoms with Crippen LogP contribution >= 0.6 is 11.8 Å². The summed E-state index contributed by atoms with van der Waals surface area (Å²) in [5, 5.41) is -0.219. The van der Waals surface area contributed by atoms with Crippen molar-refractivity contribution >= 4 is 22.8 Å². The third-order valence-corrected chi connectivity index (χ3v) is 3.64. The number of ether oxygens (including phenoxy) is 1. The molecule has 3 nitrogen and oxygen atoms in total. The van der Waals surface area contributed by atoms with Gasteiger partial charge in [-0.05, 0) is 43.2 Å². The number of carbonyl (C=O) groups is 2. The molecule has 0 aromatic heterocycles. The van der Waals surface area contributed by atoms with Gasteiger partial charge in [-0.15, -0.1) is 0 Å². The summed E-state index contributed by atoms with van der Waals surface area (Å²) in [4.78, 5) is 22.6. The molecule has 1 rings (SSSR count). The molecule has 0 spiro atoms. The molecule has 1 saturated carbocycles. The SMILES string of the molecule is CCC(=O)C1CCCC(COC(=O)SC)C1. The summed E-state index contributed by atoms with van der Waals surface area (Å²) in [6.45, 7) is 2.40. The second kappa shape index (κ2) is 6.94. The number of hydrogen-bond acceptors (Lipinski definition) is 4. The topological polar surface area (TPSA) is 43.4 Å². The van der Waals surface area contributed by atoms with E-state index in [9.17, 15) is 9.59 Å². The number of rotatable bonds is 4. The van der Waals surface area contributed by atoms with E-state index in [1.54, 1.807) is 6.26 Å². The van der Waals surface area contributed by atoms with E-state index in [-0.39, 0.29) is 11.2 Å². The van der Waals surface area contributed by atoms with Crippen molar-refractivity contribution < 1.29 is 14.3 Å². The zero-order chi connectivity index (χ0) is 12.0. The molecule has 1 aliphatic carbocycles. The van der Waals surface area contributed by atoms with E-state index in [0.29, 0.717) is 24.7 Å². The van der Waals surface area contributed by atoms with Crippen LogP contribution in [-0.2, 0) is 9.53 Å². The number of hydrogen-bond donors (Lipinski definition) is 0. The lowest BCUT2D eigenvalue weighted by Crippen LogP contribution is -2.25. The molecule has 92 valence electrons. The molecule has 0 bridgehead atoms. The molecule has 0 aromatic carbocycles. The van der Waals surface area contributed by atoms with Crippen molar-refractivity contribution in [1.82, 2.24) is 0 Å². The number of thioether (sulfide) groups is 1. The van der Waals surface area contributed by atoms with Gasteiger partial charge >= 0.3 is 5.30 Å². The van der Waals surface area contributed by atoms with Crippen LogP contribution in [0.5, 0.6) is 0 Å². The maximum Gasteiger partial charge on any atom is 0.367 e. The van der Waals surface area contributed by atoms with Crippen molar-refractivity contribution in [3.05, 3.63) is 0 Å². The Labute approximate surface area is 101 Å². The Bertz CT molecular complexity index is 253. The maximum atomic E-state index is 11.6. The van der Waals surface area contributed by atoms with Gasteiger partial charge in [0.1, 0.15) is 5.78 Å². The lowest BCUT2D eigenvalue weighted by molar-refractivity contribution is -0.124. The zero-order valence-electron chi connectivity index (χ0n) is 10.0. The molecule has 0 radical (unpaired) electrons. The molecule has 1 fully saturated rings. The van der Waals surface area contributed by atoms with E-state index < -0.39 is 0 Å². The van der Waals surface area contributed by atoms with Gasteiger partial charge in [0, 0.05) is 12.3 Å². The van der Waals surface area contributed by atoms with Crippen LogP contribution in [0, 0.1) is 11.8 Å². The van der Waals surface area contributed by atoms with Gasteiger partial charge in [0.15, 0.2) is 0 Å². The lowest BCUT2D eigenvalue weighted by Gasteiger charge is -2.27. The van der Waals surface area contributed by atoms with Crippen molar-refractivity contribution in [3.63, 3.8) is 0 Å². The summed E-state index contributed by atoms with van der Waals surface area (Å²) in [5.41, 5.74) is 0. The highest BCUT2D eigenvalue weighted by molar-refractivity contribution is 8.12. The second-order valence-electron chi connectivity index (χ2n) is 4.31. The average molecular weight is 244 g/mol. The molecule has 0 N–H and O–H groups in total. The quantitative estimate of drug-likeness (QED) is 0.712. The Morgan fingerprint density at radius 2 is 2.12 bits per heavy atom. The Hall–Kier alpha value is -0.510. The normalized spacial score (nSPS) is 25.1. The van der Waals surface area contributed by atoms with Crippen LogP contribution in [-0.4, -0.2) is 23.9 Å². The highest BCUT2D eigenvalue weighted by atomic mass is 32.2. The van der Waals surface area contributed by atoms with E-state index in [4.69, 9.17) is 4.74 Å². The molecule has 16 heavy (non-hydrogen) atoms. The summed E-state index contributed by atoms with van der Waals surface area (Å²) >= 11 is 1.10. The van der Waals surface area contributed by atoms with E-state index in [2.05, 4.69) is 0 Å². The van der Waals surface area contributed by atoms with Crippen molar-refractivity contribution in [3.8, 4) is 0 Å². The Morgan fingerprint density at radius 3 is 2.75 bits per heavy atom. The van der Waals surface area contributed by atoms with Crippen LogP contribution in [0.2, 0.25) is 0 Å². The Morgan fingerprint density at radius 1 is 1.38 bits per heavy atom. The van der Waals surface area contributed by atoms with Gasteiger partial charge in [-0.1, -0.05) is 13.3 Å². The van der Waals surface area contributed by atoms with Crippen LogP contribution in [0.15, 0.2) is 0 Å². The van der Waals surface area contributed by atoms with Gasteiger partial charge in [-0.25, -0.2) is 4.79 Å². The summed E-state index contributed by atoms with van der Waals surface area (Å²) in [7, 11) is 0. The molecule has 2 unspecified atom stereocenters. The molecular formula is C12H20O3S. The standard InChI is InChI=1S/C12H20O3S/c1-3-11(13)10-6-4-5-9(7-10)8-15-12(14)16-2/h9-10H,3-8H2,1-2H3. The number of Topliss-reactive ketones (excluding diaryl/α,β-unsaturated/α-hetero) is 1. The fourth-order valence-electron chi connectivity index (χ4n) is 2.27. The monoisotopic (exact) mass is 244 g/mol. The first kappa shape index (κ1) is 13.6. The highest BCUT2D eigenvalue weighted by Gasteiger charge is 2.26. The van der Waals surface area contributed by atoms with Gasteiger partial charge in [-0.2, -0.15) is 0 Å². The molecule has 0 heterocycles. The average Bonchev–Trinajstić information content (AvgIpc) is 2.35. The largest absolute Gasteiger partial charge is 0.457 e.